The van der Waals surface area contributed by atoms with Crippen LogP contribution in [0.5, 0.6) is 0 Å². The maximum atomic E-state index is 12.2. The maximum Gasteiger partial charge on any atom is 0.248 e. The van der Waals surface area contributed by atoms with E-state index in [-0.39, 0.29) is 11.9 Å². The van der Waals surface area contributed by atoms with Gasteiger partial charge in [-0.05, 0) is 44.0 Å². The Kier molecular flexibility index (Phi) is 5.95. The summed E-state index contributed by atoms with van der Waals surface area (Å²) in [4.78, 5) is 23.2. The van der Waals surface area contributed by atoms with Crippen molar-refractivity contribution in [3.05, 3.63) is 29.8 Å². The summed E-state index contributed by atoms with van der Waals surface area (Å²) in [6, 6.07) is 6.80. The first-order chi connectivity index (χ1) is 10.6. The summed E-state index contributed by atoms with van der Waals surface area (Å²) in [6.07, 6.45) is 7.35. The van der Waals surface area contributed by atoms with Crippen molar-refractivity contribution in [2.75, 3.05) is 5.32 Å². The van der Waals surface area contributed by atoms with Gasteiger partial charge < -0.3 is 16.4 Å². The first-order valence-corrected chi connectivity index (χ1v) is 8.03. The Balaban J connectivity index is 1.86. The number of rotatable bonds is 5. The molecule has 1 atom stereocenters. The lowest BCUT2D eigenvalue weighted by molar-refractivity contribution is -0.118. The largest absolute Gasteiger partial charge is 0.366 e. The molecule has 1 aromatic carbocycles. The molecule has 2 rings (SSSR count). The van der Waals surface area contributed by atoms with Crippen molar-refractivity contribution in [1.29, 1.82) is 0 Å². The zero-order valence-corrected chi connectivity index (χ0v) is 13.1. The Morgan fingerprint density at radius 2 is 1.68 bits per heavy atom. The monoisotopic (exact) mass is 303 g/mol. The van der Waals surface area contributed by atoms with Crippen molar-refractivity contribution < 1.29 is 9.59 Å². The number of carbonyl (C=O) groups is 2. The SMILES string of the molecule is C[C@H](NC1CCCCCC1)C(=O)Nc1ccc(C(N)=O)cc1. The molecule has 5 nitrogen and oxygen atoms in total. The van der Waals surface area contributed by atoms with Gasteiger partial charge in [0.25, 0.3) is 0 Å². The molecule has 0 unspecified atom stereocenters. The van der Waals surface area contributed by atoms with Crippen LogP contribution in [-0.2, 0) is 4.79 Å². The van der Waals surface area contributed by atoms with Crippen molar-refractivity contribution >= 4 is 17.5 Å². The molecule has 0 aromatic heterocycles. The van der Waals surface area contributed by atoms with Crippen LogP contribution >= 0.6 is 0 Å². The number of hydrogen-bond donors (Lipinski definition) is 3. The standard InChI is InChI=1S/C17H25N3O2/c1-12(19-14-6-4-2-3-5-7-14)17(22)20-15-10-8-13(9-11-15)16(18)21/h8-12,14,19H,2-7H2,1H3,(H2,18,21)(H,20,22)/t12-/m0/s1. The zero-order chi connectivity index (χ0) is 15.9. The second-order valence-corrected chi connectivity index (χ2v) is 6.01. The lowest BCUT2D eigenvalue weighted by Crippen LogP contribution is -2.43. The average Bonchev–Trinajstić information content (AvgIpc) is 2.76. The summed E-state index contributed by atoms with van der Waals surface area (Å²) >= 11 is 0. The minimum atomic E-state index is -0.471. The highest BCUT2D eigenvalue weighted by atomic mass is 16.2. The van der Waals surface area contributed by atoms with Crippen LogP contribution in [0.15, 0.2) is 24.3 Å². The number of primary amides is 1. The minimum Gasteiger partial charge on any atom is -0.366 e. The molecule has 0 radical (unpaired) electrons. The molecule has 0 bridgehead atoms. The van der Waals surface area contributed by atoms with Crippen LogP contribution in [-0.4, -0.2) is 23.9 Å². The molecule has 1 aromatic rings. The Labute approximate surface area is 131 Å². The molecule has 0 aliphatic heterocycles. The van der Waals surface area contributed by atoms with Gasteiger partial charge in [0.1, 0.15) is 0 Å². The molecule has 1 fully saturated rings. The molecule has 4 N–H and O–H groups in total. The van der Waals surface area contributed by atoms with Gasteiger partial charge in [-0.2, -0.15) is 0 Å². The van der Waals surface area contributed by atoms with Crippen molar-refractivity contribution in [1.82, 2.24) is 5.32 Å². The highest BCUT2D eigenvalue weighted by Gasteiger charge is 2.19. The van der Waals surface area contributed by atoms with E-state index in [2.05, 4.69) is 10.6 Å². The van der Waals surface area contributed by atoms with Gasteiger partial charge in [0, 0.05) is 17.3 Å². The molecule has 1 aliphatic carbocycles. The van der Waals surface area contributed by atoms with E-state index in [4.69, 9.17) is 5.73 Å². The van der Waals surface area contributed by atoms with Crippen LogP contribution in [0.2, 0.25) is 0 Å². The molecule has 120 valence electrons. The number of benzene rings is 1. The van der Waals surface area contributed by atoms with Crippen molar-refractivity contribution in [3.63, 3.8) is 0 Å². The smallest absolute Gasteiger partial charge is 0.248 e. The third-order valence-electron chi connectivity index (χ3n) is 4.17. The Bertz CT molecular complexity index is 505. The summed E-state index contributed by atoms with van der Waals surface area (Å²) in [5, 5.41) is 6.28. The number of amides is 2. The lowest BCUT2D eigenvalue weighted by Gasteiger charge is -2.21. The fraction of sp³-hybridized carbons (Fsp3) is 0.529. The van der Waals surface area contributed by atoms with E-state index in [9.17, 15) is 9.59 Å². The van der Waals surface area contributed by atoms with Gasteiger partial charge in [0.2, 0.25) is 11.8 Å². The quantitative estimate of drug-likeness (QED) is 0.730. The van der Waals surface area contributed by atoms with E-state index in [1.165, 1.54) is 25.7 Å². The predicted octanol–water partition coefficient (Wildman–Crippen LogP) is 2.42. The first-order valence-electron chi connectivity index (χ1n) is 8.03. The first kappa shape index (κ1) is 16.5. The highest BCUT2D eigenvalue weighted by Crippen LogP contribution is 2.18. The fourth-order valence-electron chi connectivity index (χ4n) is 2.84. The summed E-state index contributed by atoms with van der Waals surface area (Å²) in [6.45, 7) is 1.89. The molecular weight excluding hydrogens is 278 g/mol. The molecule has 1 aliphatic rings. The molecular formula is C17H25N3O2. The number of nitrogens with one attached hydrogen (secondary N) is 2. The van der Waals surface area contributed by atoms with Crippen molar-refractivity contribution in [2.24, 2.45) is 5.73 Å². The van der Waals surface area contributed by atoms with Gasteiger partial charge in [-0.25, -0.2) is 0 Å². The van der Waals surface area contributed by atoms with Gasteiger partial charge in [-0.1, -0.05) is 25.7 Å². The van der Waals surface area contributed by atoms with Gasteiger partial charge in [-0.15, -0.1) is 0 Å². The molecule has 22 heavy (non-hydrogen) atoms. The fourth-order valence-corrected chi connectivity index (χ4v) is 2.84. The normalized spacial score (nSPS) is 17.5. The minimum absolute atomic E-state index is 0.0592. The van der Waals surface area contributed by atoms with E-state index in [0.717, 1.165) is 12.8 Å². The predicted molar refractivity (Wildman–Crippen MR) is 87.7 cm³/mol. The number of anilines is 1. The van der Waals surface area contributed by atoms with Crippen LogP contribution in [0, 0.1) is 0 Å². The lowest BCUT2D eigenvalue weighted by atomic mass is 10.1. The van der Waals surface area contributed by atoms with E-state index < -0.39 is 5.91 Å². The van der Waals surface area contributed by atoms with Gasteiger partial charge in [0.15, 0.2) is 0 Å². The third kappa shape index (κ3) is 4.84. The molecule has 5 heteroatoms. The zero-order valence-electron chi connectivity index (χ0n) is 13.1. The second-order valence-electron chi connectivity index (χ2n) is 6.01. The highest BCUT2D eigenvalue weighted by molar-refractivity contribution is 5.96. The van der Waals surface area contributed by atoms with Crippen LogP contribution in [0.3, 0.4) is 0 Å². The summed E-state index contributed by atoms with van der Waals surface area (Å²) in [7, 11) is 0. The molecule has 2 amide bonds. The summed E-state index contributed by atoms with van der Waals surface area (Å²) < 4.78 is 0. The van der Waals surface area contributed by atoms with Crippen LogP contribution < -0.4 is 16.4 Å². The third-order valence-corrected chi connectivity index (χ3v) is 4.17. The summed E-state index contributed by atoms with van der Waals surface area (Å²) in [5.74, 6) is -0.530. The topological polar surface area (TPSA) is 84.2 Å². The van der Waals surface area contributed by atoms with E-state index in [1.54, 1.807) is 24.3 Å². The summed E-state index contributed by atoms with van der Waals surface area (Å²) in [5.41, 5.74) is 6.30. The average molecular weight is 303 g/mol. The van der Waals surface area contributed by atoms with Gasteiger partial charge in [-0.3, -0.25) is 9.59 Å². The van der Waals surface area contributed by atoms with E-state index in [1.807, 2.05) is 6.92 Å². The van der Waals surface area contributed by atoms with Crippen LogP contribution in [0.25, 0.3) is 0 Å². The second kappa shape index (κ2) is 7.94. The van der Waals surface area contributed by atoms with Crippen LogP contribution in [0.1, 0.15) is 55.8 Å². The van der Waals surface area contributed by atoms with Crippen LogP contribution in [0.4, 0.5) is 5.69 Å². The Morgan fingerprint density at radius 1 is 1.09 bits per heavy atom. The van der Waals surface area contributed by atoms with Gasteiger partial charge >= 0.3 is 0 Å². The Morgan fingerprint density at radius 3 is 2.23 bits per heavy atom. The number of carbonyl (C=O) groups excluding carboxylic acids is 2. The molecule has 1 saturated carbocycles. The molecule has 0 spiro atoms. The van der Waals surface area contributed by atoms with Crippen molar-refractivity contribution in [2.45, 2.75) is 57.5 Å². The molecule has 0 heterocycles. The number of nitrogens with two attached hydrogens (primary N) is 1. The van der Waals surface area contributed by atoms with E-state index >= 15 is 0 Å². The van der Waals surface area contributed by atoms with E-state index in [0.29, 0.717) is 17.3 Å². The molecule has 0 saturated heterocycles. The van der Waals surface area contributed by atoms with Gasteiger partial charge in [0.05, 0.1) is 6.04 Å². The maximum absolute atomic E-state index is 12.2. The number of hydrogen-bond acceptors (Lipinski definition) is 3. The van der Waals surface area contributed by atoms with Crippen molar-refractivity contribution in [3.8, 4) is 0 Å². The Hall–Kier alpha value is -1.88.